The molecule has 1 atom stereocenters. The van der Waals surface area contributed by atoms with Crippen LogP contribution < -0.4 is 10.6 Å². The van der Waals surface area contributed by atoms with E-state index in [1.807, 2.05) is 51.1 Å². The van der Waals surface area contributed by atoms with E-state index in [2.05, 4.69) is 24.1 Å². The maximum Gasteiger partial charge on any atom is 0.412 e. The predicted octanol–water partition coefficient (Wildman–Crippen LogP) is 4.80. The number of nitrogens with one attached hydrogen (secondary N) is 2. The zero-order chi connectivity index (χ0) is 15.9. The summed E-state index contributed by atoms with van der Waals surface area (Å²) in [6.45, 7) is 11.4. The van der Waals surface area contributed by atoms with Crippen molar-refractivity contribution < 1.29 is 9.53 Å². The third kappa shape index (κ3) is 7.40. The average Bonchev–Trinajstić information content (AvgIpc) is 2.34. The molecule has 0 aliphatic carbocycles. The molecule has 21 heavy (non-hydrogen) atoms. The molecule has 4 heteroatoms. The molecule has 0 heterocycles. The fraction of sp³-hybridized carbons (Fsp3) is 0.471. The van der Waals surface area contributed by atoms with E-state index in [1.165, 1.54) is 0 Å². The van der Waals surface area contributed by atoms with E-state index in [0.29, 0.717) is 11.7 Å². The van der Waals surface area contributed by atoms with Gasteiger partial charge in [0, 0.05) is 17.4 Å². The van der Waals surface area contributed by atoms with Crippen LogP contribution in [0.1, 0.15) is 40.5 Å². The van der Waals surface area contributed by atoms with Crippen molar-refractivity contribution >= 4 is 17.5 Å². The Morgan fingerprint density at radius 2 is 2.05 bits per heavy atom. The van der Waals surface area contributed by atoms with Crippen molar-refractivity contribution in [2.45, 2.75) is 52.2 Å². The number of rotatable bonds is 6. The van der Waals surface area contributed by atoms with Gasteiger partial charge in [0.1, 0.15) is 5.60 Å². The zero-order valence-corrected chi connectivity index (χ0v) is 13.4. The Morgan fingerprint density at radius 3 is 2.67 bits per heavy atom. The lowest BCUT2D eigenvalue weighted by Gasteiger charge is -2.20. The number of benzene rings is 1. The molecule has 0 saturated carbocycles. The van der Waals surface area contributed by atoms with E-state index in [1.54, 1.807) is 0 Å². The summed E-state index contributed by atoms with van der Waals surface area (Å²) in [7, 11) is 0. The van der Waals surface area contributed by atoms with Crippen molar-refractivity contribution in [3.63, 3.8) is 0 Å². The van der Waals surface area contributed by atoms with Crippen LogP contribution in [0.5, 0.6) is 0 Å². The van der Waals surface area contributed by atoms with Crippen LogP contribution in [0.2, 0.25) is 0 Å². The Morgan fingerprint density at radius 1 is 1.38 bits per heavy atom. The summed E-state index contributed by atoms with van der Waals surface area (Å²) < 4.78 is 5.23. The van der Waals surface area contributed by atoms with E-state index in [-0.39, 0.29) is 0 Å². The molecule has 4 nitrogen and oxygen atoms in total. The molecule has 0 aromatic heterocycles. The van der Waals surface area contributed by atoms with Crippen LogP contribution in [-0.2, 0) is 4.74 Å². The Bertz CT molecular complexity index is 478. The van der Waals surface area contributed by atoms with Gasteiger partial charge in [-0.1, -0.05) is 12.1 Å². The van der Waals surface area contributed by atoms with Crippen molar-refractivity contribution in [3.05, 3.63) is 36.9 Å². The zero-order valence-electron chi connectivity index (χ0n) is 13.4. The van der Waals surface area contributed by atoms with Gasteiger partial charge in [-0.25, -0.2) is 4.79 Å². The second-order valence-electron chi connectivity index (χ2n) is 6.12. The van der Waals surface area contributed by atoms with E-state index in [0.717, 1.165) is 18.5 Å². The van der Waals surface area contributed by atoms with Crippen LogP contribution in [0.4, 0.5) is 16.2 Å². The Labute approximate surface area is 127 Å². The standard InChI is InChI=1S/C17H26N2O2/c1-6-7-9-13(2)18-14-10-8-11-15(12-14)19-16(20)21-17(3,4)5/h6,8,10-13,18H,1,7,9H2,2-5H3,(H,19,20). The number of carbonyl (C=O) groups is 1. The summed E-state index contributed by atoms with van der Waals surface area (Å²) in [4.78, 5) is 11.7. The van der Waals surface area contributed by atoms with E-state index in [4.69, 9.17) is 4.74 Å². The highest BCUT2D eigenvalue weighted by atomic mass is 16.6. The number of amides is 1. The van der Waals surface area contributed by atoms with Crippen LogP contribution in [0.15, 0.2) is 36.9 Å². The monoisotopic (exact) mass is 290 g/mol. The summed E-state index contributed by atoms with van der Waals surface area (Å²) in [5.74, 6) is 0. The highest BCUT2D eigenvalue weighted by Crippen LogP contribution is 2.18. The summed E-state index contributed by atoms with van der Waals surface area (Å²) in [6.07, 6.45) is 3.47. The van der Waals surface area contributed by atoms with Gasteiger partial charge < -0.3 is 10.1 Å². The molecule has 1 aromatic carbocycles. The molecular weight excluding hydrogens is 264 g/mol. The molecule has 2 N–H and O–H groups in total. The maximum absolute atomic E-state index is 11.7. The summed E-state index contributed by atoms with van der Waals surface area (Å²) in [5.41, 5.74) is 1.18. The predicted molar refractivity (Wildman–Crippen MR) is 88.8 cm³/mol. The lowest BCUT2D eigenvalue weighted by molar-refractivity contribution is 0.0636. The van der Waals surface area contributed by atoms with Crippen molar-refractivity contribution in [2.75, 3.05) is 10.6 Å². The van der Waals surface area contributed by atoms with Gasteiger partial charge in [0.15, 0.2) is 0 Å². The molecule has 0 saturated heterocycles. The molecule has 0 bridgehead atoms. The molecule has 0 fully saturated rings. The summed E-state index contributed by atoms with van der Waals surface area (Å²) >= 11 is 0. The lowest BCUT2D eigenvalue weighted by atomic mass is 10.1. The first kappa shape index (κ1) is 17.1. The van der Waals surface area contributed by atoms with Crippen molar-refractivity contribution in [1.29, 1.82) is 0 Å². The topological polar surface area (TPSA) is 50.4 Å². The van der Waals surface area contributed by atoms with Gasteiger partial charge in [0.2, 0.25) is 0 Å². The Hall–Kier alpha value is -1.97. The molecule has 1 amide bonds. The smallest absolute Gasteiger partial charge is 0.412 e. The van der Waals surface area contributed by atoms with Crippen molar-refractivity contribution in [2.24, 2.45) is 0 Å². The minimum atomic E-state index is -0.501. The molecule has 1 aromatic rings. The molecule has 0 aliphatic rings. The van der Waals surface area contributed by atoms with Gasteiger partial charge >= 0.3 is 6.09 Å². The van der Waals surface area contributed by atoms with Crippen LogP contribution in [0.3, 0.4) is 0 Å². The highest BCUT2D eigenvalue weighted by molar-refractivity contribution is 5.85. The van der Waals surface area contributed by atoms with Crippen LogP contribution >= 0.6 is 0 Å². The molecule has 0 radical (unpaired) electrons. The van der Waals surface area contributed by atoms with Gasteiger partial charge in [-0.05, 0) is 58.7 Å². The lowest BCUT2D eigenvalue weighted by Crippen LogP contribution is -2.27. The van der Waals surface area contributed by atoms with Gasteiger partial charge in [-0.3, -0.25) is 5.32 Å². The van der Waals surface area contributed by atoms with Crippen LogP contribution in [0.25, 0.3) is 0 Å². The molecule has 1 unspecified atom stereocenters. The second-order valence-corrected chi connectivity index (χ2v) is 6.12. The van der Waals surface area contributed by atoms with E-state index < -0.39 is 11.7 Å². The third-order valence-corrected chi connectivity index (χ3v) is 2.72. The molecule has 0 spiro atoms. The number of allylic oxidation sites excluding steroid dienone is 1. The fourth-order valence-electron chi connectivity index (χ4n) is 1.83. The molecule has 0 aliphatic heterocycles. The summed E-state index contributed by atoms with van der Waals surface area (Å²) in [6, 6.07) is 7.96. The first-order chi connectivity index (χ1) is 9.80. The highest BCUT2D eigenvalue weighted by Gasteiger charge is 2.16. The van der Waals surface area contributed by atoms with Crippen molar-refractivity contribution in [3.8, 4) is 0 Å². The van der Waals surface area contributed by atoms with Crippen molar-refractivity contribution in [1.82, 2.24) is 0 Å². The molecule has 116 valence electrons. The fourth-order valence-corrected chi connectivity index (χ4v) is 1.83. The van der Waals surface area contributed by atoms with Gasteiger partial charge in [0.05, 0.1) is 0 Å². The maximum atomic E-state index is 11.7. The van der Waals surface area contributed by atoms with E-state index >= 15 is 0 Å². The normalized spacial score (nSPS) is 12.4. The minimum absolute atomic E-state index is 0.347. The van der Waals surface area contributed by atoms with Gasteiger partial charge in [-0.2, -0.15) is 0 Å². The Balaban J connectivity index is 2.59. The number of anilines is 2. The molecular formula is C17H26N2O2. The van der Waals surface area contributed by atoms with Crippen LogP contribution in [0, 0.1) is 0 Å². The number of hydrogen-bond donors (Lipinski definition) is 2. The van der Waals surface area contributed by atoms with Gasteiger partial charge in [-0.15, -0.1) is 6.58 Å². The average molecular weight is 290 g/mol. The second kappa shape index (κ2) is 7.72. The first-order valence-electron chi connectivity index (χ1n) is 7.27. The number of hydrogen-bond acceptors (Lipinski definition) is 3. The summed E-state index contributed by atoms with van der Waals surface area (Å²) in [5, 5.41) is 6.14. The minimum Gasteiger partial charge on any atom is -0.444 e. The SMILES string of the molecule is C=CCCC(C)Nc1cccc(NC(=O)OC(C)(C)C)c1. The number of ether oxygens (including phenoxy) is 1. The van der Waals surface area contributed by atoms with Crippen LogP contribution in [-0.4, -0.2) is 17.7 Å². The number of carbonyl (C=O) groups excluding carboxylic acids is 1. The largest absolute Gasteiger partial charge is 0.444 e. The molecule has 1 rings (SSSR count). The van der Waals surface area contributed by atoms with E-state index in [9.17, 15) is 4.79 Å². The quantitative estimate of drug-likeness (QED) is 0.740. The Kier molecular flexibility index (Phi) is 6.28. The van der Waals surface area contributed by atoms with Gasteiger partial charge in [0.25, 0.3) is 0 Å². The first-order valence-corrected chi connectivity index (χ1v) is 7.27. The third-order valence-electron chi connectivity index (χ3n) is 2.72.